The van der Waals surface area contributed by atoms with Crippen LogP contribution in [0.1, 0.15) is 12.8 Å². The molecule has 2 N–H and O–H groups in total. The van der Waals surface area contributed by atoms with Gasteiger partial charge in [0, 0.05) is 24.6 Å². The van der Waals surface area contributed by atoms with Crippen LogP contribution in [0.4, 0.5) is 5.69 Å². The minimum absolute atomic E-state index is 0.0357. The zero-order chi connectivity index (χ0) is 14.6. The van der Waals surface area contributed by atoms with Crippen molar-refractivity contribution < 1.29 is 13.5 Å². The van der Waals surface area contributed by atoms with E-state index in [0.717, 1.165) is 17.7 Å². The first kappa shape index (κ1) is 15.6. The van der Waals surface area contributed by atoms with E-state index < -0.39 is 10.2 Å². The molecule has 1 aromatic carbocycles. The van der Waals surface area contributed by atoms with Crippen molar-refractivity contribution in [1.82, 2.24) is 4.31 Å². The number of anilines is 1. The van der Waals surface area contributed by atoms with Crippen LogP contribution >= 0.6 is 11.8 Å². The van der Waals surface area contributed by atoms with Crippen LogP contribution in [0.2, 0.25) is 0 Å². The van der Waals surface area contributed by atoms with Crippen LogP contribution in [-0.2, 0) is 10.2 Å². The quantitative estimate of drug-likeness (QED) is 0.812. The van der Waals surface area contributed by atoms with Crippen molar-refractivity contribution in [2.45, 2.75) is 17.7 Å². The van der Waals surface area contributed by atoms with Crippen LogP contribution in [0.3, 0.4) is 0 Å². The maximum absolute atomic E-state index is 12.3. The largest absolute Gasteiger partial charge is 0.396 e. The van der Waals surface area contributed by atoms with Crippen molar-refractivity contribution in [1.29, 1.82) is 0 Å². The second kappa shape index (κ2) is 6.80. The molecule has 0 saturated carbocycles. The van der Waals surface area contributed by atoms with Crippen LogP contribution in [0.5, 0.6) is 0 Å². The molecule has 1 atom stereocenters. The summed E-state index contributed by atoms with van der Waals surface area (Å²) in [5.41, 5.74) is 0.572. The van der Waals surface area contributed by atoms with Gasteiger partial charge in [-0.3, -0.25) is 4.72 Å². The zero-order valence-corrected chi connectivity index (χ0v) is 13.1. The van der Waals surface area contributed by atoms with Gasteiger partial charge in [0.1, 0.15) is 0 Å². The molecule has 1 aliphatic heterocycles. The molecule has 0 amide bonds. The molecule has 1 aliphatic rings. The summed E-state index contributed by atoms with van der Waals surface area (Å²) in [6, 6.07) is 7.32. The average Bonchev–Trinajstić information content (AvgIpc) is 2.47. The molecule has 112 valence electrons. The Hall–Kier alpha value is -0.760. The maximum Gasteiger partial charge on any atom is 0.301 e. The Morgan fingerprint density at radius 3 is 3.00 bits per heavy atom. The molecule has 1 aromatic rings. The van der Waals surface area contributed by atoms with E-state index in [2.05, 4.69) is 4.72 Å². The number of benzene rings is 1. The molecule has 1 fully saturated rings. The van der Waals surface area contributed by atoms with E-state index in [1.807, 2.05) is 24.5 Å². The minimum Gasteiger partial charge on any atom is -0.396 e. The van der Waals surface area contributed by atoms with E-state index in [9.17, 15) is 13.5 Å². The maximum atomic E-state index is 12.3. The van der Waals surface area contributed by atoms with Gasteiger partial charge in [-0.05, 0) is 43.2 Å². The molecule has 0 aliphatic carbocycles. The van der Waals surface area contributed by atoms with Crippen molar-refractivity contribution in [2.75, 3.05) is 30.7 Å². The lowest BCUT2D eigenvalue weighted by molar-refractivity contribution is 0.166. The van der Waals surface area contributed by atoms with Crippen molar-refractivity contribution in [3.63, 3.8) is 0 Å². The van der Waals surface area contributed by atoms with Gasteiger partial charge in [0.05, 0.1) is 5.69 Å². The van der Waals surface area contributed by atoms with Crippen LogP contribution in [0.25, 0.3) is 0 Å². The predicted octanol–water partition coefficient (Wildman–Crippen LogP) is 1.77. The monoisotopic (exact) mass is 316 g/mol. The summed E-state index contributed by atoms with van der Waals surface area (Å²) >= 11 is 1.57. The fourth-order valence-electron chi connectivity index (χ4n) is 2.29. The van der Waals surface area contributed by atoms with Crippen LogP contribution in [-0.4, -0.2) is 43.8 Å². The fourth-order valence-corrected chi connectivity index (χ4v) is 4.08. The first-order valence-electron chi connectivity index (χ1n) is 6.58. The molecule has 0 radical (unpaired) electrons. The molecular formula is C13H20N2O3S2. The van der Waals surface area contributed by atoms with Gasteiger partial charge in [-0.1, -0.05) is 6.07 Å². The lowest BCUT2D eigenvalue weighted by atomic mass is 10.0. The van der Waals surface area contributed by atoms with Gasteiger partial charge in [0.2, 0.25) is 0 Å². The number of aliphatic hydroxyl groups is 1. The summed E-state index contributed by atoms with van der Waals surface area (Å²) in [5.74, 6) is 0.0397. The number of thioether (sulfide) groups is 1. The van der Waals surface area contributed by atoms with Crippen molar-refractivity contribution in [2.24, 2.45) is 5.92 Å². The molecule has 1 unspecified atom stereocenters. The number of rotatable bonds is 5. The predicted molar refractivity (Wildman–Crippen MR) is 82.1 cm³/mol. The Labute approximate surface area is 124 Å². The van der Waals surface area contributed by atoms with Crippen LogP contribution in [0, 0.1) is 5.92 Å². The normalized spacial score (nSPS) is 20.8. The lowest BCUT2D eigenvalue weighted by Gasteiger charge is -2.31. The summed E-state index contributed by atoms with van der Waals surface area (Å²) in [4.78, 5) is 1.01. The number of nitrogens with one attached hydrogen (secondary N) is 1. The third-order valence-electron chi connectivity index (χ3n) is 3.40. The van der Waals surface area contributed by atoms with E-state index in [-0.39, 0.29) is 12.5 Å². The summed E-state index contributed by atoms with van der Waals surface area (Å²) < 4.78 is 28.7. The van der Waals surface area contributed by atoms with Gasteiger partial charge in [0.15, 0.2) is 0 Å². The van der Waals surface area contributed by atoms with Gasteiger partial charge in [0.25, 0.3) is 0 Å². The Morgan fingerprint density at radius 2 is 2.30 bits per heavy atom. The molecular weight excluding hydrogens is 296 g/mol. The fraction of sp³-hybridized carbons (Fsp3) is 0.538. The third-order valence-corrected chi connectivity index (χ3v) is 5.63. The third kappa shape index (κ3) is 3.88. The molecule has 1 saturated heterocycles. The van der Waals surface area contributed by atoms with Gasteiger partial charge < -0.3 is 5.11 Å². The number of hydrogen-bond acceptors (Lipinski definition) is 4. The molecule has 2 rings (SSSR count). The Bertz CT molecular complexity index is 548. The summed E-state index contributed by atoms with van der Waals surface area (Å²) in [7, 11) is -3.54. The molecule has 20 heavy (non-hydrogen) atoms. The second-order valence-corrected chi connectivity index (χ2v) is 7.44. The molecule has 5 nitrogen and oxygen atoms in total. The lowest BCUT2D eigenvalue weighted by Crippen LogP contribution is -2.43. The smallest absolute Gasteiger partial charge is 0.301 e. The summed E-state index contributed by atoms with van der Waals surface area (Å²) in [5, 5.41) is 9.19. The van der Waals surface area contributed by atoms with E-state index in [1.165, 1.54) is 4.31 Å². The first-order chi connectivity index (χ1) is 9.55. The Morgan fingerprint density at radius 1 is 1.50 bits per heavy atom. The average molecular weight is 316 g/mol. The molecule has 0 aromatic heterocycles. The highest BCUT2D eigenvalue weighted by Crippen LogP contribution is 2.23. The summed E-state index contributed by atoms with van der Waals surface area (Å²) in [6.07, 6.45) is 3.62. The second-order valence-electron chi connectivity index (χ2n) is 4.89. The van der Waals surface area contributed by atoms with Gasteiger partial charge in [-0.15, -0.1) is 11.8 Å². The molecule has 0 bridgehead atoms. The van der Waals surface area contributed by atoms with Crippen LogP contribution < -0.4 is 4.72 Å². The van der Waals surface area contributed by atoms with E-state index in [1.54, 1.807) is 17.8 Å². The minimum atomic E-state index is -3.54. The van der Waals surface area contributed by atoms with E-state index in [4.69, 9.17) is 0 Å². The Balaban J connectivity index is 2.10. The van der Waals surface area contributed by atoms with Crippen LogP contribution in [0.15, 0.2) is 29.2 Å². The highest BCUT2D eigenvalue weighted by Gasteiger charge is 2.28. The number of aliphatic hydroxyl groups excluding tert-OH is 1. The van der Waals surface area contributed by atoms with E-state index in [0.29, 0.717) is 18.8 Å². The highest BCUT2D eigenvalue weighted by atomic mass is 32.2. The standard InChI is InChI=1S/C13H20N2O3S2/c1-19-13-6-2-5-12(8-13)14-20(17,18)15-7-3-4-11(9-15)10-16/h2,5-6,8,11,14,16H,3-4,7,9-10H2,1H3. The van der Waals surface area contributed by atoms with Gasteiger partial charge in [-0.25, -0.2) is 0 Å². The number of nitrogens with zero attached hydrogens (tertiary/aromatic N) is 1. The number of piperidine rings is 1. The van der Waals surface area contributed by atoms with E-state index >= 15 is 0 Å². The number of hydrogen-bond donors (Lipinski definition) is 2. The molecule has 0 spiro atoms. The van der Waals surface area contributed by atoms with Gasteiger partial charge in [-0.2, -0.15) is 12.7 Å². The van der Waals surface area contributed by atoms with Crippen molar-refractivity contribution >= 4 is 27.7 Å². The zero-order valence-electron chi connectivity index (χ0n) is 11.4. The summed E-state index contributed by atoms with van der Waals surface area (Å²) in [6.45, 7) is 0.927. The van der Waals surface area contributed by atoms with Gasteiger partial charge >= 0.3 is 10.2 Å². The molecule has 7 heteroatoms. The van der Waals surface area contributed by atoms with Crippen molar-refractivity contribution in [3.8, 4) is 0 Å². The van der Waals surface area contributed by atoms with Crippen molar-refractivity contribution in [3.05, 3.63) is 24.3 Å². The Kier molecular flexibility index (Phi) is 5.31. The highest BCUT2D eigenvalue weighted by molar-refractivity contribution is 7.98. The topological polar surface area (TPSA) is 69.6 Å². The SMILES string of the molecule is CSc1cccc(NS(=O)(=O)N2CCCC(CO)C2)c1. The first-order valence-corrected chi connectivity index (χ1v) is 9.24. The molecule has 1 heterocycles.